The van der Waals surface area contributed by atoms with Crippen LogP contribution in [0.2, 0.25) is 0 Å². The summed E-state index contributed by atoms with van der Waals surface area (Å²) in [6.07, 6.45) is 1.49. The minimum absolute atomic E-state index is 0.189. The third kappa shape index (κ3) is 4.73. The van der Waals surface area contributed by atoms with E-state index in [4.69, 9.17) is 9.47 Å². The molecule has 0 aliphatic heterocycles. The van der Waals surface area contributed by atoms with Crippen LogP contribution in [-0.2, 0) is 6.54 Å². The molecule has 1 aromatic heterocycles. The summed E-state index contributed by atoms with van der Waals surface area (Å²) in [5, 5.41) is 5.77. The summed E-state index contributed by atoms with van der Waals surface area (Å²) in [5.41, 5.74) is 1.55. The lowest BCUT2D eigenvalue weighted by atomic mass is 10.2. The molecule has 0 saturated carbocycles. The van der Waals surface area contributed by atoms with E-state index in [0.29, 0.717) is 29.7 Å². The Hall–Kier alpha value is -3.68. The number of methoxy groups -OCH3 is 2. The zero-order valence-corrected chi connectivity index (χ0v) is 15.4. The fourth-order valence-corrected chi connectivity index (χ4v) is 2.44. The summed E-state index contributed by atoms with van der Waals surface area (Å²) in [4.78, 5) is 20.9. The van der Waals surface area contributed by atoms with Gasteiger partial charge >= 0.3 is 0 Å². The van der Waals surface area contributed by atoms with Crippen LogP contribution in [0.15, 0.2) is 54.7 Å². The van der Waals surface area contributed by atoms with E-state index in [9.17, 15) is 9.18 Å². The average molecular weight is 382 g/mol. The molecule has 3 rings (SSSR count). The molecular formula is C20H19FN4O3. The second-order valence-electron chi connectivity index (χ2n) is 5.77. The van der Waals surface area contributed by atoms with Gasteiger partial charge in [-0.1, -0.05) is 12.1 Å². The number of carbonyl (C=O) groups is 1. The van der Waals surface area contributed by atoms with Crippen LogP contribution < -0.4 is 20.1 Å². The minimum atomic E-state index is -0.407. The van der Waals surface area contributed by atoms with Crippen LogP contribution in [-0.4, -0.2) is 30.1 Å². The van der Waals surface area contributed by atoms with E-state index in [2.05, 4.69) is 20.6 Å². The van der Waals surface area contributed by atoms with Gasteiger partial charge in [-0.3, -0.25) is 4.79 Å². The molecule has 8 heteroatoms. The number of hydrogen-bond donors (Lipinski definition) is 2. The highest BCUT2D eigenvalue weighted by atomic mass is 19.1. The fraction of sp³-hybridized carbons (Fsp3) is 0.150. The van der Waals surface area contributed by atoms with Crippen molar-refractivity contribution >= 4 is 17.5 Å². The molecule has 1 heterocycles. The maximum atomic E-state index is 13.0. The maximum Gasteiger partial charge on any atom is 0.274 e. The lowest BCUT2D eigenvalue weighted by Gasteiger charge is -2.12. The quantitative estimate of drug-likeness (QED) is 0.651. The predicted octanol–water partition coefficient (Wildman–Crippen LogP) is 3.50. The Labute approximate surface area is 161 Å². The van der Waals surface area contributed by atoms with Crippen molar-refractivity contribution in [3.05, 3.63) is 71.8 Å². The normalized spacial score (nSPS) is 10.2. The fourth-order valence-electron chi connectivity index (χ4n) is 2.44. The molecule has 28 heavy (non-hydrogen) atoms. The molecule has 144 valence electrons. The summed E-state index contributed by atoms with van der Waals surface area (Å²) in [7, 11) is 3.06. The van der Waals surface area contributed by atoms with Crippen LogP contribution in [0.5, 0.6) is 11.5 Å². The number of amides is 1. The molecule has 7 nitrogen and oxygen atoms in total. The largest absolute Gasteiger partial charge is 0.497 e. The van der Waals surface area contributed by atoms with Gasteiger partial charge in [0.05, 0.1) is 19.9 Å². The molecule has 3 aromatic rings. The number of anilines is 2. The minimum Gasteiger partial charge on any atom is -0.497 e. The van der Waals surface area contributed by atoms with Crippen LogP contribution in [0.3, 0.4) is 0 Å². The number of carbonyl (C=O) groups excluding carboxylic acids is 1. The van der Waals surface area contributed by atoms with Crippen molar-refractivity contribution in [2.45, 2.75) is 6.54 Å². The first-order chi connectivity index (χ1) is 13.6. The number of nitrogens with one attached hydrogen (secondary N) is 2. The van der Waals surface area contributed by atoms with Gasteiger partial charge in [-0.15, -0.1) is 0 Å². The van der Waals surface area contributed by atoms with Gasteiger partial charge in [0.2, 0.25) is 5.95 Å². The number of aromatic nitrogens is 2. The Bertz CT molecular complexity index is 964. The molecule has 0 unspecified atom stereocenters. The van der Waals surface area contributed by atoms with Gasteiger partial charge < -0.3 is 20.1 Å². The van der Waals surface area contributed by atoms with Gasteiger partial charge in [-0.2, -0.15) is 0 Å². The zero-order valence-electron chi connectivity index (χ0n) is 15.4. The number of nitrogens with zero attached hydrogens (tertiary/aromatic N) is 2. The summed E-state index contributed by atoms with van der Waals surface area (Å²) < 4.78 is 23.4. The molecule has 0 spiro atoms. The first-order valence-corrected chi connectivity index (χ1v) is 8.44. The van der Waals surface area contributed by atoms with Crippen LogP contribution in [0, 0.1) is 5.82 Å². The Morgan fingerprint density at radius 3 is 2.57 bits per heavy atom. The molecule has 0 aliphatic carbocycles. The number of ether oxygens (including phenoxy) is 2. The van der Waals surface area contributed by atoms with Gasteiger partial charge in [0.15, 0.2) is 0 Å². The van der Waals surface area contributed by atoms with Gasteiger partial charge in [0, 0.05) is 18.8 Å². The summed E-state index contributed by atoms with van der Waals surface area (Å²) in [6, 6.07) is 12.7. The topological polar surface area (TPSA) is 85.4 Å². The smallest absolute Gasteiger partial charge is 0.274 e. The van der Waals surface area contributed by atoms with Crippen molar-refractivity contribution in [2.75, 3.05) is 24.9 Å². The number of halogens is 1. The second-order valence-corrected chi connectivity index (χ2v) is 5.77. The lowest BCUT2D eigenvalue weighted by Crippen LogP contribution is -2.16. The molecule has 0 radical (unpaired) electrons. The summed E-state index contributed by atoms with van der Waals surface area (Å²) in [5.74, 6) is 0.669. The first-order valence-electron chi connectivity index (χ1n) is 8.44. The third-order valence-corrected chi connectivity index (χ3v) is 3.91. The predicted molar refractivity (Wildman–Crippen MR) is 103 cm³/mol. The highest BCUT2D eigenvalue weighted by Gasteiger charge is 2.13. The monoisotopic (exact) mass is 382 g/mol. The second kappa shape index (κ2) is 8.81. The van der Waals surface area contributed by atoms with Gasteiger partial charge in [0.1, 0.15) is 23.0 Å². The van der Waals surface area contributed by atoms with Crippen molar-refractivity contribution in [2.24, 2.45) is 0 Å². The van der Waals surface area contributed by atoms with Crippen LogP contribution >= 0.6 is 0 Å². The molecule has 0 aliphatic rings. The van der Waals surface area contributed by atoms with E-state index < -0.39 is 5.91 Å². The summed E-state index contributed by atoms with van der Waals surface area (Å²) >= 11 is 0. The Morgan fingerprint density at radius 2 is 1.86 bits per heavy atom. The number of rotatable bonds is 7. The molecule has 0 atom stereocenters. The highest BCUT2D eigenvalue weighted by molar-refractivity contribution is 6.03. The first kappa shape index (κ1) is 19.1. The molecule has 2 aromatic carbocycles. The van der Waals surface area contributed by atoms with Crippen molar-refractivity contribution in [1.29, 1.82) is 0 Å². The highest BCUT2D eigenvalue weighted by Crippen LogP contribution is 2.29. The van der Waals surface area contributed by atoms with E-state index in [-0.39, 0.29) is 11.5 Å². The average Bonchev–Trinajstić information content (AvgIpc) is 2.73. The van der Waals surface area contributed by atoms with Gasteiger partial charge in [0.25, 0.3) is 5.91 Å². The van der Waals surface area contributed by atoms with E-state index in [1.807, 2.05) is 0 Å². The third-order valence-electron chi connectivity index (χ3n) is 3.91. The van der Waals surface area contributed by atoms with E-state index in [1.54, 1.807) is 37.4 Å². The van der Waals surface area contributed by atoms with E-state index >= 15 is 0 Å². The molecule has 0 saturated heterocycles. The van der Waals surface area contributed by atoms with Crippen molar-refractivity contribution in [3.63, 3.8) is 0 Å². The standard InChI is InChI=1S/C20H19FN4O3/c1-27-15-7-8-16(18(11-15)28-2)24-19(26)17-9-10-22-20(25-17)23-12-13-3-5-14(21)6-4-13/h3-11H,12H2,1-2H3,(H,24,26)(H,22,23,25). The van der Waals surface area contributed by atoms with Gasteiger partial charge in [-0.25, -0.2) is 14.4 Å². The number of hydrogen-bond acceptors (Lipinski definition) is 6. The van der Waals surface area contributed by atoms with Crippen molar-refractivity contribution < 1.29 is 18.7 Å². The maximum absolute atomic E-state index is 13.0. The van der Waals surface area contributed by atoms with Crippen molar-refractivity contribution in [1.82, 2.24) is 9.97 Å². The zero-order chi connectivity index (χ0) is 19.9. The van der Waals surface area contributed by atoms with Crippen molar-refractivity contribution in [3.8, 4) is 11.5 Å². The molecular weight excluding hydrogens is 363 g/mol. The van der Waals surface area contributed by atoms with E-state index in [1.165, 1.54) is 31.5 Å². The Balaban J connectivity index is 1.69. The Morgan fingerprint density at radius 1 is 1.07 bits per heavy atom. The van der Waals surface area contributed by atoms with Crippen LogP contribution in [0.4, 0.5) is 16.0 Å². The van der Waals surface area contributed by atoms with Gasteiger partial charge in [-0.05, 0) is 35.9 Å². The summed E-state index contributed by atoms with van der Waals surface area (Å²) in [6.45, 7) is 0.400. The molecule has 0 bridgehead atoms. The SMILES string of the molecule is COc1ccc(NC(=O)c2ccnc(NCc3ccc(F)cc3)n2)c(OC)c1. The lowest BCUT2D eigenvalue weighted by molar-refractivity contribution is 0.102. The number of benzene rings is 2. The van der Waals surface area contributed by atoms with Crippen LogP contribution in [0.1, 0.15) is 16.1 Å². The van der Waals surface area contributed by atoms with E-state index in [0.717, 1.165) is 5.56 Å². The Kier molecular flexibility index (Phi) is 6.01. The molecule has 0 fully saturated rings. The van der Waals surface area contributed by atoms with Crippen LogP contribution in [0.25, 0.3) is 0 Å². The molecule has 2 N–H and O–H groups in total. The molecule has 1 amide bonds.